The zero-order valence-electron chi connectivity index (χ0n) is 10.9. The van der Waals surface area contributed by atoms with Gasteiger partial charge in [0, 0.05) is 5.56 Å². The minimum Gasteiger partial charge on any atom is -0.246 e. The number of aliphatic imine (C=N–C) groups is 4. The predicted octanol–water partition coefficient (Wildman–Crippen LogP) is 2.35. The van der Waals surface area contributed by atoms with Crippen LogP contribution in [0.3, 0.4) is 0 Å². The summed E-state index contributed by atoms with van der Waals surface area (Å²) in [5, 5.41) is 0. The maximum absolute atomic E-state index is 4.60. The summed E-state index contributed by atoms with van der Waals surface area (Å²) in [5.41, 5.74) is 0.979. The van der Waals surface area contributed by atoms with Gasteiger partial charge in [0.05, 0.1) is 0 Å². The van der Waals surface area contributed by atoms with Crippen LogP contribution in [0.25, 0.3) is 0 Å². The number of rotatable bonds is 1. The van der Waals surface area contributed by atoms with E-state index in [1.807, 2.05) is 60.4 Å². The third kappa shape index (κ3) is 1.64. The van der Waals surface area contributed by atoms with Gasteiger partial charge in [0.1, 0.15) is 17.5 Å². The predicted molar refractivity (Wildman–Crippen MR) is 80.0 cm³/mol. The van der Waals surface area contributed by atoms with E-state index in [4.69, 9.17) is 0 Å². The molecule has 5 heteroatoms. The van der Waals surface area contributed by atoms with Crippen LogP contribution in [0.4, 0.5) is 0 Å². The lowest BCUT2D eigenvalue weighted by Gasteiger charge is -2.30. The zero-order valence-corrected chi connectivity index (χ0v) is 10.9. The Balaban J connectivity index is 1.89. The molecule has 1 aromatic rings. The topological polar surface area (TPSA) is 52.7 Å². The van der Waals surface area contributed by atoms with Crippen LogP contribution in [-0.4, -0.2) is 28.4 Å². The van der Waals surface area contributed by atoms with Crippen molar-refractivity contribution < 1.29 is 0 Å². The van der Waals surface area contributed by atoms with E-state index in [-0.39, 0.29) is 0 Å². The van der Waals surface area contributed by atoms with Gasteiger partial charge in [-0.2, -0.15) is 9.98 Å². The van der Waals surface area contributed by atoms with Gasteiger partial charge in [-0.1, -0.05) is 36.4 Å². The molecular weight excluding hydrogens is 250 g/mol. The minimum absolute atomic E-state index is 0.622. The van der Waals surface area contributed by atoms with Crippen LogP contribution >= 0.6 is 0 Å². The number of benzene rings is 1. The highest BCUT2D eigenvalue weighted by molar-refractivity contribution is 6.22. The fraction of sp³-hybridized carbons (Fsp3) is 0.0667. The van der Waals surface area contributed by atoms with E-state index in [9.17, 15) is 0 Å². The maximum atomic E-state index is 4.60. The number of amidine groups is 3. The van der Waals surface area contributed by atoms with Gasteiger partial charge in [-0.05, 0) is 19.1 Å². The normalized spacial score (nSPS) is 19.4. The van der Waals surface area contributed by atoms with Crippen molar-refractivity contribution in [2.45, 2.75) is 6.92 Å². The van der Waals surface area contributed by atoms with Gasteiger partial charge < -0.3 is 0 Å². The summed E-state index contributed by atoms with van der Waals surface area (Å²) < 4.78 is 0. The summed E-state index contributed by atoms with van der Waals surface area (Å²) in [7, 11) is 0. The highest BCUT2D eigenvalue weighted by Gasteiger charge is 2.29. The van der Waals surface area contributed by atoms with Crippen LogP contribution in [-0.2, 0) is 0 Å². The van der Waals surface area contributed by atoms with Crippen LogP contribution in [0, 0.1) is 0 Å². The Morgan fingerprint density at radius 3 is 2.65 bits per heavy atom. The second-order valence-electron chi connectivity index (χ2n) is 4.56. The van der Waals surface area contributed by atoms with E-state index in [2.05, 4.69) is 20.0 Å². The van der Waals surface area contributed by atoms with Crippen LogP contribution in [0.15, 0.2) is 74.4 Å². The number of hydrogen-bond acceptors (Lipinski definition) is 5. The Hall–Kier alpha value is -2.82. The minimum atomic E-state index is 0.622. The molecule has 0 atom stereocenters. The first-order valence-electron chi connectivity index (χ1n) is 6.36. The summed E-state index contributed by atoms with van der Waals surface area (Å²) in [4.78, 5) is 19.8. The lowest BCUT2D eigenvalue weighted by molar-refractivity contribution is 0.710. The molecule has 0 amide bonds. The second kappa shape index (κ2) is 4.09. The average molecular weight is 261 g/mol. The smallest absolute Gasteiger partial charge is 0.240 e. The largest absolute Gasteiger partial charge is 0.246 e. The average Bonchev–Trinajstić information content (AvgIpc) is 2.48. The summed E-state index contributed by atoms with van der Waals surface area (Å²) in [5.74, 6) is 3.61. The van der Waals surface area contributed by atoms with E-state index in [0.29, 0.717) is 17.6 Å². The lowest BCUT2D eigenvalue weighted by Crippen LogP contribution is -2.41. The van der Waals surface area contributed by atoms with Gasteiger partial charge in [-0.3, -0.25) is 0 Å². The molecule has 0 unspecified atom stereocenters. The number of hydrogen-bond donors (Lipinski definition) is 0. The number of guanidine groups is 1. The number of nitrogens with zero attached hydrogens (tertiary/aromatic N) is 5. The molecule has 0 bridgehead atoms. The summed E-state index contributed by atoms with van der Waals surface area (Å²) in [6.07, 6.45) is 5.81. The summed E-state index contributed by atoms with van der Waals surface area (Å²) in [6, 6.07) is 9.91. The molecule has 3 aliphatic heterocycles. The highest BCUT2D eigenvalue weighted by atomic mass is 15.4. The van der Waals surface area contributed by atoms with Crippen LogP contribution in [0.2, 0.25) is 0 Å². The molecule has 96 valence electrons. The molecule has 5 nitrogen and oxygen atoms in total. The Morgan fingerprint density at radius 1 is 0.950 bits per heavy atom. The van der Waals surface area contributed by atoms with Crippen LogP contribution in [0.1, 0.15) is 12.5 Å². The molecule has 0 saturated carbocycles. The van der Waals surface area contributed by atoms with E-state index in [1.54, 1.807) is 0 Å². The van der Waals surface area contributed by atoms with E-state index >= 15 is 0 Å². The van der Waals surface area contributed by atoms with Crippen molar-refractivity contribution in [1.82, 2.24) is 4.90 Å². The molecule has 3 heterocycles. The van der Waals surface area contributed by atoms with Gasteiger partial charge in [-0.15, -0.1) is 0 Å². The Bertz CT molecular complexity index is 763. The fourth-order valence-corrected chi connectivity index (χ4v) is 2.27. The first-order valence-corrected chi connectivity index (χ1v) is 6.36. The summed E-state index contributed by atoms with van der Waals surface area (Å²) >= 11 is 0. The molecule has 0 aliphatic carbocycles. The Labute approximate surface area is 116 Å². The van der Waals surface area contributed by atoms with Crippen molar-refractivity contribution in [1.29, 1.82) is 0 Å². The molecule has 0 radical (unpaired) electrons. The van der Waals surface area contributed by atoms with Crippen molar-refractivity contribution in [3.63, 3.8) is 0 Å². The molecule has 0 N–H and O–H groups in total. The second-order valence-corrected chi connectivity index (χ2v) is 4.56. The molecule has 0 fully saturated rings. The summed E-state index contributed by atoms with van der Waals surface area (Å²) in [6.45, 7) is 1.87. The van der Waals surface area contributed by atoms with Gasteiger partial charge >= 0.3 is 0 Å². The third-order valence-corrected chi connectivity index (χ3v) is 3.15. The van der Waals surface area contributed by atoms with Crippen LogP contribution in [0.5, 0.6) is 0 Å². The molecule has 0 aromatic heterocycles. The first-order chi connectivity index (χ1) is 9.81. The molecule has 1 aromatic carbocycles. The van der Waals surface area contributed by atoms with Gasteiger partial charge in [0.2, 0.25) is 5.96 Å². The van der Waals surface area contributed by atoms with Crippen LogP contribution < -0.4 is 0 Å². The van der Waals surface area contributed by atoms with Crippen molar-refractivity contribution in [3.8, 4) is 0 Å². The molecule has 20 heavy (non-hydrogen) atoms. The zero-order chi connectivity index (χ0) is 13.5. The highest BCUT2D eigenvalue weighted by Crippen LogP contribution is 2.23. The lowest BCUT2D eigenvalue weighted by atomic mass is 10.2. The monoisotopic (exact) mass is 261 g/mol. The number of allylic oxidation sites excluding steroid dienone is 2. The van der Waals surface area contributed by atoms with Crippen molar-refractivity contribution >= 4 is 23.5 Å². The molecule has 4 rings (SSSR count). The quantitative estimate of drug-likeness (QED) is 0.765. The van der Waals surface area contributed by atoms with Gasteiger partial charge in [0.25, 0.3) is 0 Å². The Morgan fingerprint density at radius 2 is 1.80 bits per heavy atom. The van der Waals surface area contributed by atoms with E-state index < -0.39 is 0 Å². The Kier molecular flexibility index (Phi) is 2.26. The van der Waals surface area contributed by atoms with Crippen molar-refractivity contribution in [2.24, 2.45) is 20.0 Å². The van der Waals surface area contributed by atoms with Gasteiger partial charge in [0.15, 0.2) is 5.84 Å². The molecule has 3 aliphatic rings. The van der Waals surface area contributed by atoms with E-state index in [1.165, 1.54) is 0 Å². The van der Waals surface area contributed by atoms with E-state index in [0.717, 1.165) is 17.2 Å². The standard InChI is InChI=1S/C15H11N5/c1-10-16-12-8-5-9-13-18-14(11-6-3-2-4-7-11)19-15(17-10)20(12)13/h2-9H,1H3. The van der Waals surface area contributed by atoms with Gasteiger partial charge in [-0.25, -0.2) is 14.9 Å². The first kappa shape index (κ1) is 11.0. The third-order valence-electron chi connectivity index (χ3n) is 3.15. The van der Waals surface area contributed by atoms with Crippen molar-refractivity contribution in [2.75, 3.05) is 0 Å². The molecule has 0 spiro atoms. The van der Waals surface area contributed by atoms with Crippen molar-refractivity contribution in [3.05, 3.63) is 59.9 Å². The SMILES string of the molecule is CC1=NC2=NC(c3ccccc3)=NC3=CC=CC(=N1)N32. The maximum Gasteiger partial charge on any atom is 0.240 e. The molecule has 0 saturated heterocycles. The fourth-order valence-electron chi connectivity index (χ4n) is 2.27. The molecular formula is C15H11N5.